The first-order valence-electron chi connectivity index (χ1n) is 5.64. The Morgan fingerprint density at radius 1 is 1.44 bits per heavy atom. The summed E-state index contributed by atoms with van der Waals surface area (Å²) in [6.07, 6.45) is 2.92. The Bertz CT molecular complexity index is 437. The molecule has 1 rings (SSSR count). The lowest BCUT2D eigenvalue weighted by Crippen LogP contribution is -2.05. The molecule has 0 spiro atoms. The lowest BCUT2D eigenvalue weighted by molar-refractivity contribution is -0.134. The minimum absolute atomic E-state index is 0.104. The smallest absolute Gasteiger partial charge is 0.330 e. The minimum atomic E-state index is -0.444. The molecule has 0 fully saturated rings. The first kappa shape index (κ1) is 14.3. The van der Waals surface area contributed by atoms with Gasteiger partial charge in [0.05, 0.1) is 20.8 Å². The number of rotatable bonds is 5. The van der Waals surface area contributed by atoms with Crippen LogP contribution in [0.3, 0.4) is 0 Å². The third-order valence-electron chi connectivity index (χ3n) is 2.65. The van der Waals surface area contributed by atoms with Crippen LogP contribution in [0.4, 0.5) is 0 Å². The highest BCUT2D eigenvalue weighted by Crippen LogP contribution is 2.28. The van der Waals surface area contributed by atoms with Gasteiger partial charge in [0.15, 0.2) is 0 Å². The van der Waals surface area contributed by atoms with Crippen molar-refractivity contribution in [3.8, 4) is 5.75 Å². The van der Waals surface area contributed by atoms with Crippen molar-refractivity contribution in [1.29, 1.82) is 0 Å². The van der Waals surface area contributed by atoms with E-state index in [0.717, 1.165) is 11.1 Å². The predicted molar refractivity (Wildman–Crippen MR) is 68.7 cm³/mol. The van der Waals surface area contributed by atoms with Crippen LogP contribution >= 0.6 is 0 Å². The molecule has 0 aromatic heterocycles. The van der Waals surface area contributed by atoms with Crippen LogP contribution in [0.5, 0.6) is 5.75 Å². The maximum atomic E-state index is 11.1. The van der Waals surface area contributed by atoms with E-state index in [2.05, 4.69) is 4.74 Å². The fourth-order valence-corrected chi connectivity index (χ4v) is 1.67. The minimum Gasteiger partial charge on any atom is -0.496 e. The van der Waals surface area contributed by atoms with Crippen molar-refractivity contribution in [2.45, 2.75) is 12.8 Å². The Morgan fingerprint density at radius 3 is 2.72 bits per heavy atom. The number of ether oxygens (including phenoxy) is 2. The molecule has 0 unspecified atom stereocenters. The molecule has 0 amide bonds. The summed E-state index contributed by atoms with van der Waals surface area (Å²) in [5, 5.41) is 9.42. The number of esters is 1. The molecule has 0 heterocycles. The van der Waals surface area contributed by atoms with Gasteiger partial charge in [-0.05, 0) is 13.0 Å². The number of hydrogen-bond acceptors (Lipinski definition) is 4. The summed E-state index contributed by atoms with van der Waals surface area (Å²) < 4.78 is 9.78. The molecule has 1 aromatic carbocycles. The summed E-state index contributed by atoms with van der Waals surface area (Å²) in [4.78, 5) is 11.1. The standard InChI is InChI=1S/C14H18O4/c1-10-4-6-13(17-2)12(8-10)11(9-15)5-7-14(16)18-3/h4-8,11,15H,9H2,1-3H3/b7-5+/t11-/m0/s1. The Morgan fingerprint density at radius 2 is 2.17 bits per heavy atom. The topological polar surface area (TPSA) is 55.8 Å². The number of carbonyl (C=O) groups excluding carboxylic acids is 1. The maximum absolute atomic E-state index is 11.1. The normalized spacial score (nSPS) is 12.4. The van der Waals surface area contributed by atoms with Gasteiger partial charge in [0, 0.05) is 17.6 Å². The number of aliphatic hydroxyl groups excluding tert-OH is 1. The van der Waals surface area contributed by atoms with E-state index in [4.69, 9.17) is 4.74 Å². The fourth-order valence-electron chi connectivity index (χ4n) is 1.67. The SMILES string of the molecule is COC(=O)/C=C/[C@@H](CO)c1cc(C)ccc1OC. The lowest BCUT2D eigenvalue weighted by atomic mass is 9.96. The Labute approximate surface area is 107 Å². The molecule has 0 aliphatic heterocycles. The van der Waals surface area contributed by atoms with E-state index < -0.39 is 5.97 Å². The van der Waals surface area contributed by atoms with E-state index in [1.54, 1.807) is 13.2 Å². The van der Waals surface area contributed by atoms with Gasteiger partial charge in [0.25, 0.3) is 0 Å². The highest BCUT2D eigenvalue weighted by molar-refractivity contribution is 5.81. The quantitative estimate of drug-likeness (QED) is 0.639. The van der Waals surface area contributed by atoms with Crippen LogP contribution in [-0.4, -0.2) is 31.9 Å². The molecule has 98 valence electrons. The van der Waals surface area contributed by atoms with Gasteiger partial charge in [-0.1, -0.05) is 23.8 Å². The van der Waals surface area contributed by atoms with Crippen LogP contribution in [-0.2, 0) is 9.53 Å². The van der Waals surface area contributed by atoms with Gasteiger partial charge >= 0.3 is 5.97 Å². The fraction of sp³-hybridized carbons (Fsp3) is 0.357. The number of benzene rings is 1. The second-order valence-corrected chi connectivity index (χ2v) is 3.92. The van der Waals surface area contributed by atoms with E-state index in [1.807, 2.05) is 25.1 Å². The van der Waals surface area contributed by atoms with Gasteiger partial charge in [-0.2, -0.15) is 0 Å². The van der Waals surface area contributed by atoms with Crippen molar-refractivity contribution >= 4 is 5.97 Å². The van der Waals surface area contributed by atoms with Crippen LogP contribution < -0.4 is 4.74 Å². The molecule has 0 radical (unpaired) electrons. The van der Waals surface area contributed by atoms with Crippen molar-refractivity contribution in [1.82, 2.24) is 0 Å². The highest BCUT2D eigenvalue weighted by Gasteiger charge is 2.13. The van der Waals surface area contributed by atoms with E-state index in [1.165, 1.54) is 13.2 Å². The van der Waals surface area contributed by atoms with Crippen molar-refractivity contribution in [2.24, 2.45) is 0 Å². The van der Waals surface area contributed by atoms with Gasteiger partial charge in [-0.3, -0.25) is 0 Å². The zero-order valence-corrected chi connectivity index (χ0v) is 10.8. The zero-order valence-electron chi connectivity index (χ0n) is 10.8. The van der Waals surface area contributed by atoms with Gasteiger partial charge in [0.2, 0.25) is 0 Å². The average molecular weight is 250 g/mol. The van der Waals surface area contributed by atoms with Gasteiger partial charge in [-0.25, -0.2) is 4.79 Å². The van der Waals surface area contributed by atoms with Gasteiger partial charge < -0.3 is 14.6 Å². The molecule has 0 bridgehead atoms. The molecular formula is C14H18O4. The third-order valence-corrected chi connectivity index (χ3v) is 2.65. The van der Waals surface area contributed by atoms with Crippen molar-refractivity contribution in [3.05, 3.63) is 41.5 Å². The summed E-state index contributed by atoms with van der Waals surface area (Å²) in [6, 6.07) is 5.71. The molecule has 0 aliphatic carbocycles. The Balaban J connectivity index is 3.04. The van der Waals surface area contributed by atoms with Crippen molar-refractivity contribution in [2.75, 3.05) is 20.8 Å². The molecule has 0 saturated heterocycles. The van der Waals surface area contributed by atoms with E-state index in [9.17, 15) is 9.90 Å². The van der Waals surface area contributed by atoms with Crippen LogP contribution in [0.1, 0.15) is 17.0 Å². The second-order valence-electron chi connectivity index (χ2n) is 3.92. The molecule has 1 N–H and O–H groups in total. The Hall–Kier alpha value is -1.81. The molecule has 1 atom stereocenters. The Kier molecular flexibility index (Phi) is 5.39. The van der Waals surface area contributed by atoms with Crippen LogP contribution in [0, 0.1) is 6.92 Å². The van der Waals surface area contributed by atoms with Crippen molar-refractivity contribution in [3.63, 3.8) is 0 Å². The third kappa shape index (κ3) is 3.60. The number of methoxy groups -OCH3 is 2. The molecule has 1 aromatic rings. The zero-order chi connectivity index (χ0) is 13.5. The first-order chi connectivity index (χ1) is 8.62. The van der Waals surface area contributed by atoms with E-state index in [0.29, 0.717) is 5.75 Å². The molecular weight excluding hydrogens is 232 g/mol. The molecule has 4 heteroatoms. The number of hydrogen-bond donors (Lipinski definition) is 1. The summed E-state index contributed by atoms with van der Waals surface area (Å²) in [5.41, 5.74) is 1.91. The summed E-state index contributed by atoms with van der Waals surface area (Å²) >= 11 is 0. The molecule has 4 nitrogen and oxygen atoms in total. The lowest BCUT2D eigenvalue weighted by Gasteiger charge is -2.15. The molecule has 0 saturated carbocycles. The van der Waals surface area contributed by atoms with Crippen LogP contribution in [0.2, 0.25) is 0 Å². The first-order valence-corrected chi connectivity index (χ1v) is 5.64. The van der Waals surface area contributed by atoms with Crippen LogP contribution in [0.15, 0.2) is 30.4 Å². The molecule has 0 aliphatic rings. The monoisotopic (exact) mass is 250 g/mol. The second kappa shape index (κ2) is 6.81. The van der Waals surface area contributed by atoms with Gasteiger partial charge in [-0.15, -0.1) is 0 Å². The number of aryl methyl sites for hydroxylation is 1. The van der Waals surface area contributed by atoms with Gasteiger partial charge in [0.1, 0.15) is 5.75 Å². The summed E-state index contributed by atoms with van der Waals surface area (Å²) in [7, 11) is 2.89. The maximum Gasteiger partial charge on any atom is 0.330 e. The predicted octanol–water partition coefficient (Wildman–Crippen LogP) is 1.81. The number of aliphatic hydroxyl groups is 1. The summed E-state index contributed by atoms with van der Waals surface area (Å²) in [5.74, 6) is -0.0480. The largest absolute Gasteiger partial charge is 0.496 e. The van der Waals surface area contributed by atoms with E-state index in [-0.39, 0.29) is 12.5 Å². The number of carbonyl (C=O) groups is 1. The highest BCUT2D eigenvalue weighted by atomic mass is 16.5. The van der Waals surface area contributed by atoms with E-state index >= 15 is 0 Å². The van der Waals surface area contributed by atoms with Crippen LogP contribution in [0.25, 0.3) is 0 Å². The molecule has 18 heavy (non-hydrogen) atoms. The summed E-state index contributed by atoms with van der Waals surface area (Å²) in [6.45, 7) is 1.86. The van der Waals surface area contributed by atoms with Crippen molar-refractivity contribution < 1.29 is 19.4 Å². The average Bonchev–Trinajstić information content (AvgIpc) is 2.39.